The highest BCUT2D eigenvalue weighted by Gasteiger charge is 2.20. The topological polar surface area (TPSA) is 72.3 Å². The molecule has 0 aromatic heterocycles. The van der Waals surface area contributed by atoms with Gasteiger partial charge >= 0.3 is 0 Å². The smallest absolute Gasteiger partial charge is 0.239 e. The molecule has 2 aromatic carbocycles. The van der Waals surface area contributed by atoms with E-state index in [2.05, 4.69) is 24.3 Å². The van der Waals surface area contributed by atoms with Gasteiger partial charge in [-0.2, -0.15) is 0 Å². The number of aryl methyl sites for hydroxylation is 2. The molecule has 2 aromatic rings. The molecule has 0 saturated carbocycles. The maximum absolute atomic E-state index is 12.8. The van der Waals surface area contributed by atoms with Gasteiger partial charge in [-0.05, 0) is 49.8 Å². The van der Waals surface area contributed by atoms with E-state index in [4.69, 9.17) is 11.5 Å². The van der Waals surface area contributed by atoms with Crippen molar-refractivity contribution < 1.29 is 4.79 Å². The zero-order valence-corrected chi connectivity index (χ0v) is 15.5. The Balaban J connectivity index is 1.83. The molecule has 4 heteroatoms. The maximum atomic E-state index is 12.8. The molecule has 0 unspecified atom stereocenters. The summed E-state index contributed by atoms with van der Waals surface area (Å²) in [5.41, 5.74) is 14.4. The zero-order chi connectivity index (χ0) is 18.6. The first kappa shape index (κ1) is 20.1. The van der Waals surface area contributed by atoms with E-state index >= 15 is 0 Å². The van der Waals surface area contributed by atoms with Crippen LogP contribution in [0, 0.1) is 0 Å². The second-order valence-electron chi connectivity index (χ2n) is 6.69. The molecule has 0 fully saturated rings. The number of hydrogen-bond donors (Lipinski definition) is 2. The van der Waals surface area contributed by atoms with Gasteiger partial charge < -0.3 is 16.4 Å². The fourth-order valence-electron chi connectivity index (χ4n) is 3.06. The molecule has 26 heavy (non-hydrogen) atoms. The molecule has 0 aliphatic rings. The second kappa shape index (κ2) is 11.4. The summed E-state index contributed by atoms with van der Waals surface area (Å²) in [5.74, 6) is 0.0439. The lowest BCUT2D eigenvalue weighted by Gasteiger charge is -2.26. The SMILES string of the molecule is NCCCN(CCCc1ccccc1)C(=O)[C@@H](N)CCc1ccccc1. The molecule has 0 spiro atoms. The van der Waals surface area contributed by atoms with Gasteiger partial charge in [-0.25, -0.2) is 0 Å². The van der Waals surface area contributed by atoms with Crippen LogP contribution in [0.1, 0.15) is 30.4 Å². The van der Waals surface area contributed by atoms with Crippen LogP contribution in [-0.2, 0) is 17.6 Å². The first-order chi connectivity index (χ1) is 12.7. The van der Waals surface area contributed by atoms with Crippen LogP contribution >= 0.6 is 0 Å². The van der Waals surface area contributed by atoms with Crippen molar-refractivity contribution in [3.8, 4) is 0 Å². The number of amides is 1. The van der Waals surface area contributed by atoms with Crippen LogP contribution in [-0.4, -0.2) is 36.5 Å². The van der Waals surface area contributed by atoms with Crippen molar-refractivity contribution in [3.05, 3.63) is 71.8 Å². The third-order valence-electron chi connectivity index (χ3n) is 4.58. The lowest BCUT2D eigenvalue weighted by molar-refractivity contribution is -0.132. The van der Waals surface area contributed by atoms with E-state index in [0.29, 0.717) is 19.5 Å². The quantitative estimate of drug-likeness (QED) is 0.652. The molecule has 0 heterocycles. The molecule has 4 N–H and O–H groups in total. The fraction of sp³-hybridized carbons (Fsp3) is 0.409. The molecular formula is C22H31N3O. The summed E-state index contributed by atoms with van der Waals surface area (Å²) in [6.45, 7) is 2.00. The number of nitrogens with zero attached hydrogens (tertiary/aromatic N) is 1. The van der Waals surface area contributed by atoms with E-state index in [1.807, 2.05) is 41.3 Å². The molecule has 1 atom stereocenters. The minimum atomic E-state index is -0.454. The van der Waals surface area contributed by atoms with Crippen LogP contribution in [0.2, 0.25) is 0 Å². The summed E-state index contributed by atoms with van der Waals surface area (Å²) in [5, 5.41) is 0. The Bertz CT molecular complexity index is 630. The van der Waals surface area contributed by atoms with Gasteiger partial charge in [0.1, 0.15) is 0 Å². The van der Waals surface area contributed by atoms with Crippen LogP contribution in [0.3, 0.4) is 0 Å². The van der Waals surface area contributed by atoms with Gasteiger partial charge in [0, 0.05) is 13.1 Å². The van der Waals surface area contributed by atoms with Crippen molar-refractivity contribution in [2.45, 2.75) is 38.1 Å². The number of nitrogens with two attached hydrogens (primary N) is 2. The highest BCUT2D eigenvalue weighted by molar-refractivity contribution is 5.81. The van der Waals surface area contributed by atoms with Gasteiger partial charge in [-0.3, -0.25) is 4.79 Å². The molecule has 0 aliphatic heterocycles. The predicted molar refractivity (Wildman–Crippen MR) is 108 cm³/mol. The van der Waals surface area contributed by atoms with Crippen molar-refractivity contribution in [1.82, 2.24) is 4.90 Å². The molecular weight excluding hydrogens is 322 g/mol. The Labute approximate surface area is 157 Å². The van der Waals surface area contributed by atoms with Crippen LogP contribution in [0.15, 0.2) is 60.7 Å². The first-order valence-electron chi connectivity index (χ1n) is 9.53. The van der Waals surface area contributed by atoms with Gasteiger partial charge in [0.25, 0.3) is 0 Å². The normalized spacial score (nSPS) is 11.9. The van der Waals surface area contributed by atoms with E-state index in [1.165, 1.54) is 11.1 Å². The molecule has 0 aliphatic carbocycles. The zero-order valence-electron chi connectivity index (χ0n) is 15.5. The fourth-order valence-corrected chi connectivity index (χ4v) is 3.06. The molecule has 0 saturated heterocycles. The number of benzene rings is 2. The van der Waals surface area contributed by atoms with Crippen LogP contribution < -0.4 is 11.5 Å². The molecule has 0 bridgehead atoms. The number of carbonyl (C=O) groups excluding carboxylic acids is 1. The molecule has 140 valence electrons. The second-order valence-corrected chi connectivity index (χ2v) is 6.69. The van der Waals surface area contributed by atoms with E-state index < -0.39 is 6.04 Å². The van der Waals surface area contributed by atoms with Gasteiger partial charge in [0.2, 0.25) is 5.91 Å². The Hall–Kier alpha value is -2.17. The minimum Gasteiger partial charge on any atom is -0.341 e. The summed E-state index contributed by atoms with van der Waals surface area (Å²) in [6.07, 6.45) is 4.20. The van der Waals surface area contributed by atoms with E-state index in [1.54, 1.807) is 0 Å². The number of carbonyl (C=O) groups is 1. The van der Waals surface area contributed by atoms with E-state index in [9.17, 15) is 4.79 Å². The summed E-state index contributed by atoms with van der Waals surface area (Å²) in [6, 6.07) is 20.1. The van der Waals surface area contributed by atoms with Crippen LogP contribution in [0.25, 0.3) is 0 Å². The number of hydrogen-bond acceptors (Lipinski definition) is 3. The van der Waals surface area contributed by atoms with Crippen molar-refractivity contribution in [2.75, 3.05) is 19.6 Å². The minimum absolute atomic E-state index is 0.0439. The Morgan fingerprint density at radius 3 is 1.96 bits per heavy atom. The van der Waals surface area contributed by atoms with Crippen LogP contribution in [0.5, 0.6) is 0 Å². The molecule has 0 radical (unpaired) electrons. The maximum Gasteiger partial charge on any atom is 0.239 e. The molecule has 4 nitrogen and oxygen atoms in total. The lowest BCUT2D eigenvalue weighted by atomic mass is 10.0. The highest BCUT2D eigenvalue weighted by atomic mass is 16.2. The summed E-state index contributed by atoms with van der Waals surface area (Å²) < 4.78 is 0. The standard InChI is InChI=1S/C22H31N3O/c23-16-8-18-25(17-7-13-19-9-3-1-4-10-19)22(26)21(24)15-14-20-11-5-2-6-12-20/h1-6,9-12,21H,7-8,13-18,23-24H2/t21-/m0/s1. The van der Waals surface area contributed by atoms with Gasteiger partial charge in [-0.15, -0.1) is 0 Å². The Morgan fingerprint density at radius 2 is 1.38 bits per heavy atom. The van der Waals surface area contributed by atoms with Crippen molar-refractivity contribution in [2.24, 2.45) is 11.5 Å². The average Bonchev–Trinajstić information content (AvgIpc) is 2.69. The van der Waals surface area contributed by atoms with Gasteiger partial charge in [0.15, 0.2) is 0 Å². The largest absolute Gasteiger partial charge is 0.341 e. The van der Waals surface area contributed by atoms with Gasteiger partial charge in [-0.1, -0.05) is 60.7 Å². The van der Waals surface area contributed by atoms with E-state index in [-0.39, 0.29) is 5.91 Å². The third-order valence-corrected chi connectivity index (χ3v) is 4.58. The Morgan fingerprint density at radius 1 is 0.846 bits per heavy atom. The van der Waals surface area contributed by atoms with Crippen molar-refractivity contribution in [3.63, 3.8) is 0 Å². The predicted octanol–water partition coefficient (Wildman–Crippen LogP) is 2.76. The first-order valence-corrected chi connectivity index (χ1v) is 9.53. The summed E-state index contributed by atoms with van der Waals surface area (Å²) in [4.78, 5) is 14.7. The highest BCUT2D eigenvalue weighted by Crippen LogP contribution is 2.09. The monoisotopic (exact) mass is 353 g/mol. The van der Waals surface area contributed by atoms with Crippen molar-refractivity contribution >= 4 is 5.91 Å². The van der Waals surface area contributed by atoms with Crippen molar-refractivity contribution in [1.29, 1.82) is 0 Å². The molecule has 2 rings (SSSR count). The van der Waals surface area contributed by atoms with Gasteiger partial charge in [0.05, 0.1) is 6.04 Å². The van der Waals surface area contributed by atoms with E-state index in [0.717, 1.165) is 32.2 Å². The lowest BCUT2D eigenvalue weighted by Crippen LogP contribution is -2.45. The third kappa shape index (κ3) is 6.98. The summed E-state index contributed by atoms with van der Waals surface area (Å²) >= 11 is 0. The average molecular weight is 354 g/mol. The van der Waals surface area contributed by atoms with Crippen LogP contribution in [0.4, 0.5) is 0 Å². The molecule has 1 amide bonds. The number of rotatable bonds is 11. The summed E-state index contributed by atoms with van der Waals surface area (Å²) in [7, 11) is 0. The Kier molecular flexibility index (Phi) is 8.87.